The zero-order valence-corrected chi connectivity index (χ0v) is 11.8. The summed E-state index contributed by atoms with van der Waals surface area (Å²) in [7, 11) is 0. The lowest BCUT2D eigenvalue weighted by atomic mass is 10.1. The molecule has 0 fully saturated rings. The maximum atomic E-state index is 12.2. The third kappa shape index (κ3) is 3.57. The first-order valence-electron chi connectivity index (χ1n) is 6.83. The van der Waals surface area contributed by atoms with E-state index in [0.29, 0.717) is 11.4 Å². The van der Waals surface area contributed by atoms with Crippen LogP contribution in [-0.4, -0.2) is 17.4 Å². The van der Waals surface area contributed by atoms with Gasteiger partial charge in [0.1, 0.15) is 5.82 Å². The molecule has 0 spiro atoms. The molecule has 0 unspecified atom stereocenters. The van der Waals surface area contributed by atoms with Crippen molar-refractivity contribution in [3.05, 3.63) is 53.7 Å². The molecular weight excluding hydrogens is 250 g/mol. The van der Waals surface area contributed by atoms with Crippen molar-refractivity contribution in [3.8, 4) is 0 Å². The highest BCUT2D eigenvalue weighted by Crippen LogP contribution is 2.14. The monoisotopic (exact) mass is 269 g/mol. The number of carbonyl (C=O) groups excluding carboxylic acids is 1. The van der Waals surface area contributed by atoms with E-state index in [1.165, 1.54) is 5.56 Å². The van der Waals surface area contributed by atoms with Crippen LogP contribution in [0.2, 0.25) is 0 Å². The van der Waals surface area contributed by atoms with E-state index in [9.17, 15) is 4.79 Å². The van der Waals surface area contributed by atoms with E-state index in [1.807, 2.05) is 31.2 Å². The number of benzene rings is 1. The van der Waals surface area contributed by atoms with Gasteiger partial charge in [-0.15, -0.1) is 0 Å². The van der Waals surface area contributed by atoms with Crippen molar-refractivity contribution >= 4 is 17.4 Å². The number of amides is 1. The molecule has 0 saturated carbocycles. The summed E-state index contributed by atoms with van der Waals surface area (Å²) in [5.74, 6) is 0.585. The van der Waals surface area contributed by atoms with E-state index >= 15 is 0 Å². The van der Waals surface area contributed by atoms with Crippen LogP contribution in [0.5, 0.6) is 0 Å². The topological polar surface area (TPSA) is 54.0 Å². The molecule has 0 atom stereocenters. The van der Waals surface area contributed by atoms with Gasteiger partial charge in [0.2, 0.25) is 0 Å². The molecule has 2 N–H and O–H groups in total. The molecule has 1 heterocycles. The average molecular weight is 269 g/mol. The summed E-state index contributed by atoms with van der Waals surface area (Å²) in [5.41, 5.74) is 2.61. The van der Waals surface area contributed by atoms with Crippen molar-refractivity contribution < 1.29 is 4.79 Å². The Morgan fingerprint density at radius 3 is 2.80 bits per heavy atom. The molecule has 0 aliphatic heterocycles. The molecule has 2 rings (SSSR count). The Bertz CT molecular complexity index is 596. The van der Waals surface area contributed by atoms with E-state index in [0.717, 1.165) is 18.7 Å². The second-order valence-corrected chi connectivity index (χ2v) is 4.47. The Morgan fingerprint density at radius 2 is 2.05 bits per heavy atom. The van der Waals surface area contributed by atoms with Gasteiger partial charge in [0.15, 0.2) is 0 Å². The molecule has 104 valence electrons. The van der Waals surface area contributed by atoms with E-state index < -0.39 is 0 Å². The number of hydrogen-bond acceptors (Lipinski definition) is 3. The van der Waals surface area contributed by atoms with Crippen LogP contribution in [-0.2, 0) is 6.42 Å². The summed E-state index contributed by atoms with van der Waals surface area (Å²) >= 11 is 0. The molecular formula is C16H19N3O. The Balaban J connectivity index is 2.12. The van der Waals surface area contributed by atoms with Crippen molar-refractivity contribution in [3.63, 3.8) is 0 Å². The molecule has 20 heavy (non-hydrogen) atoms. The summed E-state index contributed by atoms with van der Waals surface area (Å²) in [6.45, 7) is 4.85. The molecule has 1 amide bonds. The highest BCUT2D eigenvalue weighted by atomic mass is 16.1. The third-order valence-electron chi connectivity index (χ3n) is 2.97. The standard InChI is InChI=1S/C16H19N3O/c1-3-12-6-5-7-14(10-12)19-16(20)13-8-9-18-15(11-13)17-4-2/h5-11H,3-4H2,1-2H3,(H,17,18)(H,19,20). The number of nitrogens with one attached hydrogen (secondary N) is 2. The molecule has 4 nitrogen and oxygen atoms in total. The zero-order valence-electron chi connectivity index (χ0n) is 11.8. The second kappa shape index (κ2) is 6.70. The number of aryl methyl sites for hydroxylation is 1. The zero-order chi connectivity index (χ0) is 14.4. The van der Waals surface area contributed by atoms with Gasteiger partial charge in [-0.25, -0.2) is 4.98 Å². The van der Waals surface area contributed by atoms with Gasteiger partial charge in [-0.2, -0.15) is 0 Å². The van der Waals surface area contributed by atoms with E-state index in [1.54, 1.807) is 18.3 Å². The van der Waals surface area contributed by atoms with Crippen LogP contribution in [0.1, 0.15) is 29.8 Å². The van der Waals surface area contributed by atoms with Crippen molar-refractivity contribution in [1.82, 2.24) is 4.98 Å². The first-order valence-corrected chi connectivity index (χ1v) is 6.83. The maximum Gasteiger partial charge on any atom is 0.255 e. The first-order chi connectivity index (χ1) is 9.72. The Labute approximate surface area is 119 Å². The number of rotatable bonds is 5. The van der Waals surface area contributed by atoms with Gasteiger partial charge in [-0.05, 0) is 43.2 Å². The SMILES string of the molecule is CCNc1cc(C(=O)Nc2cccc(CC)c2)ccn1. The lowest BCUT2D eigenvalue weighted by Gasteiger charge is -2.08. The molecule has 1 aromatic carbocycles. The first kappa shape index (κ1) is 14.1. The fraction of sp³-hybridized carbons (Fsp3) is 0.250. The average Bonchev–Trinajstić information content (AvgIpc) is 2.48. The minimum atomic E-state index is -0.125. The van der Waals surface area contributed by atoms with Gasteiger partial charge in [-0.1, -0.05) is 19.1 Å². The molecule has 0 bridgehead atoms. The minimum absolute atomic E-state index is 0.125. The number of aromatic nitrogens is 1. The van der Waals surface area contributed by atoms with Crippen LogP contribution >= 0.6 is 0 Å². The van der Waals surface area contributed by atoms with Gasteiger partial charge in [0.05, 0.1) is 0 Å². The normalized spacial score (nSPS) is 10.1. The van der Waals surface area contributed by atoms with Crippen molar-refractivity contribution in [2.45, 2.75) is 20.3 Å². The predicted octanol–water partition coefficient (Wildman–Crippen LogP) is 3.33. The van der Waals surface area contributed by atoms with E-state index in [-0.39, 0.29) is 5.91 Å². The molecule has 0 aliphatic rings. The fourth-order valence-electron chi connectivity index (χ4n) is 1.92. The summed E-state index contributed by atoms with van der Waals surface area (Å²) in [6.07, 6.45) is 2.58. The summed E-state index contributed by atoms with van der Waals surface area (Å²) < 4.78 is 0. The van der Waals surface area contributed by atoms with Gasteiger partial charge in [-0.3, -0.25) is 4.79 Å². The van der Waals surface area contributed by atoms with Crippen LogP contribution in [0.4, 0.5) is 11.5 Å². The quantitative estimate of drug-likeness (QED) is 0.875. The molecule has 4 heteroatoms. The molecule has 0 radical (unpaired) electrons. The Kier molecular flexibility index (Phi) is 4.71. The number of pyridine rings is 1. The van der Waals surface area contributed by atoms with Gasteiger partial charge in [0, 0.05) is 24.0 Å². The highest BCUT2D eigenvalue weighted by Gasteiger charge is 2.07. The maximum absolute atomic E-state index is 12.2. The van der Waals surface area contributed by atoms with Crippen LogP contribution in [0.3, 0.4) is 0 Å². The number of hydrogen-bond donors (Lipinski definition) is 2. The summed E-state index contributed by atoms with van der Waals surface area (Å²) in [5, 5.41) is 6.00. The van der Waals surface area contributed by atoms with E-state index in [4.69, 9.17) is 0 Å². The number of anilines is 2. The van der Waals surface area contributed by atoms with Crippen LogP contribution in [0.15, 0.2) is 42.6 Å². The lowest BCUT2D eigenvalue weighted by molar-refractivity contribution is 0.102. The lowest BCUT2D eigenvalue weighted by Crippen LogP contribution is -2.13. The smallest absolute Gasteiger partial charge is 0.255 e. The molecule has 0 saturated heterocycles. The van der Waals surface area contributed by atoms with Crippen molar-refractivity contribution in [1.29, 1.82) is 0 Å². The second-order valence-electron chi connectivity index (χ2n) is 4.47. The van der Waals surface area contributed by atoms with Gasteiger partial charge in [0.25, 0.3) is 5.91 Å². The summed E-state index contributed by atoms with van der Waals surface area (Å²) in [4.78, 5) is 16.4. The minimum Gasteiger partial charge on any atom is -0.370 e. The number of carbonyl (C=O) groups is 1. The van der Waals surface area contributed by atoms with E-state index in [2.05, 4.69) is 22.5 Å². The fourth-order valence-corrected chi connectivity index (χ4v) is 1.92. The van der Waals surface area contributed by atoms with Crippen LogP contribution in [0, 0.1) is 0 Å². The van der Waals surface area contributed by atoms with Crippen molar-refractivity contribution in [2.75, 3.05) is 17.2 Å². The predicted molar refractivity (Wildman–Crippen MR) is 82.2 cm³/mol. The van der Waals surface area contributed by atoms with Crippen molar-refractivity contribution in [2.24, 2.45) is 0 Å². The Hall–Kier alpha value is -2.36. The van der Waals surface area contributed by atoms with Gasteiger partial charge < -0.3 is 10.6 Å². The van der Waals surface area contributed by atoms with Crippen LogP contribution in [0.25, 0.3) is 0 Å². The molecule has 0 aliphatic carbocycles. The van der Waals surface area contributed by atoms with Crippen LogP contribution < -0.4 is 10.6 Å². The Morgan fingerprint density at radius 1 is 1.20 bits per heavy atom. The third-order valence-corrected chi connectivity index (χ3v) is 2.97. The number of nitrogens with zero attached hydrogens (tertiary/aromatic N) is 1. The van der Waals surface area contributed by atoms with Gasteiger partial charge >= 0.3 is 0 Å². The highest BCUT2D eigenvalue weighted by molar-refractivity contribution is 6.04. The molecule has 2 aromatic rings. The molecule has 1 aromatic heterocycles. The largest absolute Gasteiger partial charge is 0.370 e. The summed E-state index contributed by atoms with van der Waals surface area (Å²) in [6, 6.07) is 11.3.